The molecule has 0 saturated carbocycles. The quantitative estimate of drug-likeness (QED) is 0.252. The number of nitrogens with zero attached hydrogens (tertiary/aromatic N) is 3. The van der Waals surface area contributed by atoms with Gasteiger partial charge in [-0.1, -0.05) is 66.7 Å². The number of benzene rings is 3. The Morgan fingerprint density at radius 3 is 2.38 bits per heavy atom. The third-order valence-electron chi connectivity index (χ3n) is 8.27. The molecule has 0 aliphatic carbocycles. The molecule has 6 rings (SSSR count). The van der Waals surface area contributed by atoms with E-state index in [0.717, 1.165) is 27.7 Å². The summed E-state index contributed by atoms with van der Waals surface area (Å²) in [5.41, 5.74) is 5.05. The van der Waals surface area contributed by atoms with Gasteiger partial charge in [0.1, 0.15) is 17.1 Å². The molecule has 0 unspecified atom stereocenters. The van der Waals surface area contributed by atoms with Crippen molar-refractivity contribution in [2.24, 2.45) is 5.41 Å². The van der Waals surface area contributed by atoms with E-state index in [1.165, 1.54) is 7.11 Å². The molecule has 0 bridgehead atoms. The number of H-pyrrole nitrogens is 1. The van der Waals surface area contributed by atoms with E-state index in [-0.39, 0.29) is 24.0 Å². The zero-order valence-electron chi connectivity index (χ0n) is 23.4. The third kappa shape index (κ3) is 5.35. The minimum absolute atomic E-state index is 0.0325. The molecule has 1 saturated heterocycles. The molecule has 8 nitrogen and oxygen atoms in total. The van der Waals surface area contributed by atoms with E-state index in [9.17, 15) is 14.7 Å². The van der Waals surface area contributed by atoms with Crippen LogP contribution >= 0.6 is 0 Å². The Kier molecular flexibility index (Phi) is 7.44. The maximum Gasteiger partial charge on any atom is 0.312 e. The lowest BCUT2D eigenvalue weighted by Crippen LogP contribution is -2.48. The highest BCUT2D eigenvalue weighted by Crippen LogP contribution is 2.38. The SMILES string of the molecule is COC(=O)C1(Cc2ccccc2)CCN(C(=O)Cc2ccc(-c3cccc(-c4nc5cnccc5[nH]4)c3O)cc2)CC1. The van der Waals surface area contributed by atoms with Crippen LogP contribution in [0.3, 0.4) is 0 Å². The molecule has 0 spiro atoms. The lowest BCUT2D eigenvalue weighted by atomic mass is 9.73. The number of fused-ring (bicyclic) bond motifs is 1. The van der Waals surface area contributed by atoms with Crippen LogP contribution in [0.5, 0.6) is 5.75 Å². The number of esters is 1. The van der Waals surface area contributed by atoms with Gasteiger partial charge in [-0.05, 0) is 48.1 Å². The summed E-state index contributed by atoms with van der Waals surface area (Å²) in [5, 5.41) is 11.1. The average molecular weight is 561 g/mol. The second kappa shape index (κ2) is 11.5. The van der Waals surface area contributed by atoms with Gasteiger partial charge in [0.2, 0.25) is 5.91 Å². The van der Waals surface area contributed by atoms with Gasteiger partial charge in [0, 0.05) is 24.8 Å². The highest BCUT2D eigenvalue weighted by molar-refractivity contribution is 5.85. The van der Waals surface area contributed by atoms with E-state index in [4.69, 9.17) is 4.74 Å². The second-order valence-electron chi connectivity index (χ2n) is 10.9. The highest BCUT2D eigenvalue weighted by atomic mass is 16.5. The fraction of sp³-hybridized carbons (Fsp3) is 0.235. The van der Waals surface area contributed by atoms with Crippen LogP contribution in [0.15, 0.2) is 91.3 Å². The maximum absolute atomic E-state index is 13.2. The number of likely N-dealkylation sites (tertiary alicyclic amines) is 1. The summed E-state index contributed by atoms with van der Waals surface area (Å²) in [6, 6.07) is 25.1. The normalized spacial score (nSPS) is 14.5. The van der Waals surface area contributed by atoms with Crippen LogP contribution < -0.4 is 0 Å². The van der Waals surface area contributed by atoms with E-state index < -0.39 is 5.41 Å². The van der Waals surface area contributed by atoms with Crippen molar-refractivity contribution in [3.05, 3.63) is 102 Å². The topological polar surface area (TPSA) is 108 Å². The van der Waals surface area contributed by atoms with Crippen LogP contribution in [0.1, 0.15) is 24.0 Å². The average Bonchev–Trinajstić information content (AvgIpc) is 3.46. The molecular formula is C34H32N4O4. The molecular weight excluding hydrogens is 528 g/mol. The Balaban J connectivity index is 1.13. The van der Waals surface area contributed by atoms with Gasteiger partial charge in [-0.15, -0.1) is 0 Å². The number of amides is 1. The number of aromatic hydroxyl groups is 1. The molecule has 1 amide bonds. The fourth-order valence-corrected chi connectivity index (χ4v) is 5.88. The predicted molar refractivity (Wildman–Crippen MR) is 161 cm³/mol. The second-order valence-corrected chi connectivity index (χ2v) is 10.9. The first-order valence-electron chi connectivity index (χ1n) is 14.1. The maximum atomic E-state index is 13.2. The third-order valence-corrected chi connectivity index (χ3v) is 8.27. The number of para-hydroxylation sites is 1. The monoisotopic (exact) mass is 560 g/mol. The van der Waals surface area contributed by atoms with Crippen molar-refractivity contribution in [3.63, 3.8) is 0 Å². The van der Waals surface area contributed by atoms with E-state index in [2.05, 4.69) is 15.0 Å². The Labute approximate surface area is 244 Å². The van der Waals surface area contributed by atoms with E-state index in [0.29, 0.717) is 49.3 Å². The number of methoxy groups -OCH3 is 1. The molecule has 3 heterocycles. The predicted octanol–water partition coefficient (Wildman–Crippen LogP) is 5.56. The largest absolute Gasteiger partial charge is 0.507 e. The number of carbonyl (C=O) groups excluding carboxylic acids is 2. The van der Waals surface area contributed by atoms with Gasteiger partial charge in [-0.3, -0.25) is 14.6 Å². The number of nitrogens with one attached hydrogen (secondary N) is 1. The number of rotatable bonds is 7. The molecule has 0 atom stereocenters. The Morgan fingerprint density at radius 1 is 0.929 bits per heavy atom. The standard InChI is InChI=1S/C34H32N4O4/c1-42-33(41)34(21-24-6-3-2-4-7-24)15-18-38(19-16-34)30(39)20-23-10-12-25(13-11-23)26-8-5-9-27(31(26)40)32-36-28-14-17-35-22-29(28)37-32/h2-14,17,22,40H,15-16,18-21H2,1H3,(H,36,37). The van der Waals surface area contributed by atoms with Crippen molar-refractivity contribution in [1.82, 2.24) is 19.9 Å². The highest BCUT2D eigenvalue weighted by Gasteiger charge is 2.43. The molecule has 212 valence electrons. The number of ether oxygens (including phenoxy) is 1. The summed E-state index contributed by atoms with van der Waals surface area (Å²) in [4.78, 5) is 39.8. The fourth-order valence-electron chi connectivity index (χ4n) is 5.88. The minimum atomic E-state index is -0.621. The number of hydrogen-bond donors (Lipinski definition) is 2. The molecule has 5 aromatic rings. The lowest BCUT2D eigenvalue weighted by Gasteiger charge is -2.40. The van der Waals surface area contributed by atoms with Crippen LogP contribution in [0.2, 0.25) is 0 Å². The number of aromatic amines is 1. The van der Waals surface area contributed by atoms with Crippen molar-refractivity contribution in [2.45, 2.75) is 25.7 Å². The van der Waals surface area contributed by atoms with Gasteiger partial charge in [-0.25, -0.2) is 4.98 Å². The van der Waals surface area contributed by atoms with Crippen molar-refractivity contribution >= 4 is 22.9 Å². The molecule has 1 aliphatic rings. The van der Waals surface area contributed by atoms with E-state index >= 15 is 0 Å². The van der Waals surface area contributed by atoms with Gasteiger partial charge < -0.3 is 19.7 Å². The summed E-state index contributed by atoms with van der Waals surface area (Å²) in [6.07, 6.45) is 5.38. The molecule has 2 aromatic heterocycles. The molecule has 0 radical (unpaired) electrons. The van der Waals surface area contributed by atoms with Crippen LogP contribution in [0, 0.1) is 5.41 Å². The number of imidazole rings is 1. The first-order chi connectivity index (χ1) is 20.5. The summed E-state index contributed by atoms with van der Waals surface area (Å²) >= 11 is 0. The number of piperidine rings is 1. The molecule has 2 N–H and O–H groups in total. The Hall–Kier alpha value is -4.98. The first kappa shape index (κ1) is 27.2. The van der Waals surface area contributed by atoms with Gasteiger partial charge in [0.25, 0.3) is 0 Å². The molecule has 1 fully saturated rings. The minimum Gasteiger partial charge on any atom is -0.507 e. The van der Waals surface area contributed by atoms with Crippen molar-refractivity contribution in [3.8, 4) is 28.3 Å². The molecule has 42 heavy (non-hydrogen) atoms. The Morgan fingerprint density at radius 2 is 1.67 bits per heavy atom. The van der Waals surface area contributed by atoms with E-state index in [1.54, 1.807) is 12.4 Å². The van der Waals surface area contributed by atoms with Gasteiger partial charge in [0.15, 0.2) is 0 Å². The van der Waals surface area contributed by atoms with Crippen molar-refractivity contribution in [1.29, 1.82) is 0 Å². The summed E-state index contributed by atoms with van der Waals surface area (Å²) < 4.78 is 5.19. The first-order valence-corrected chi connectivity index (χ1v) is 14.1. The van der Waals surface area contributed by atoms with Crippen LogP contribution in [-0.4, -0.2) is 57.0 Å². The number of hydrogen-bond acceptors (Lipinski definition) is 6. The molecule has 8 heteroatoms. The van der Waals surface area contributed by atoms with Crippen LogP contribution in [-0.2, 0) is 27.2 Å². The zero-order valence-corrected chi connectivity index (χ0v) is 23.4. The molecule has 3 aromatic carbocycles. The number of aromatic nitrogens is 3. The smallest absolute Gasteiger partial charge is 0.312 e. The summed E-state index contributed by atoms with van der Waals surface area (Å²) in [5.74, 6) is 0.524. The van der Waals surface area contributed by atoms with Gasteiger partial charge in [0.05, 0.1) is 36.2 Å². The summed E-state index contributed by atoms with van der Waals surface area (Å²) in [6.45, 7) is 1.02. The molecule has 1 aliphatic heterocycles. The van der Waals surface area contributed by atoms with Gasteiger partial charge in [-0.2, -0.15) is 0 Å². The lowest BCUT2D eigenvalue weighted by molar-refractivity contribution is -0.157. The van der Waals surface area contributed by atoms with Crippen molar-refractivity contribution < 1.29 is 19.4 Å². The zero-order chi connectivity index (χ0) is 29.1. The van der Waals surface area contributed by atoms with E-state index in [1.807, 2.05) is 83.8 Å². The number of phenols is 1. The van der Waals surface area contributed by atoms with Crippen LogP contribution in [0.25, 0.3) is 33.5 Å². The van der Waals surface area contributed by atoms with Crippen molar-refractivity contribution in [2.75, 3.05) is 20.2 Å². The number of pyridine rings is 1. The summed E-state index contributed by atoms with van der Waals surface area (Å²) in [7, 11) is 1.43. The Bertz CT molecular complexity index is 1690. The number of carbonyl (C=O) groups is 2. The van der Waals surface area contributed by atoms with Crippen LogP contribution in [0.4, 0.5) is 0 Å². The van der Waals surface area contributed by atoms with Gasteiger partial charge >= 0.3 is 5.97 Å². The number of phenolic OH excluding ortho intramolecular Hbond substituents is 1.